The summed E-state index contributed by atoms with van der Waals surface area (Å²) in [7, 11) is 0. The lowest BCUT2D eigenvalue weighted by atomic mass is 9.71. The Morgan fingerprint density at radius 2 is 1.43 bits per heavy atom. The minimum atomic E-state index is -0.694. The van der Waals surface area contributed by atoms with Crippen molar-refractivity contribution < 1.29 is 19.1 Å². The van der Waals surface area contributed by atoms with E-state index in [9.17, 15) is 14.4 Å². The maximum Gasteiger partial charge on any atom is 0.311 e. The quantitative estimate of drug-likeness (QED) is 0.170. The van der Waals surface area contributed by atoms with Gasteiger partial charge >= 0.3 is 5.97 Å². The number of para-hydroxylation sites is 2. The van der Waals surface area contributed by atoms with Gasteiger partial charge in [-0.3, -0.25) is 14.4 Å². The van der Waals surface area contributed by atoms with Crippen molar-refractivity contribution >= 4 is 35.2 Å². The van der Waals surface area contributed by atoms with E-state index in [1.807, 2.05) is 72.9 Å². The lowest BCUT2D eigenvalue weighted by molar-refractivity contribution is -0.136. The maximum atomic E-state index is 14.5. The average Bonchev–Trinajstić information content (AvgIpc) is 3.19. The minimum Gasteiger partial charge on any atom is -0.426 e. The van der Waals surface area contributed by atoms with Crippen molar-refractivity contribution in [3.8, 4) is 5.75 Å². The van der Waals surface area contributed by atoms with Crippen LogP contribution in [-0.4, -0.2) is 29.9 Å². The molecule has 10 rings (SSSR count). The highest BCUT2D eigenvalue weighted by molar-refractivity contribution is 5.92. The van der Waals surface area contributed by atoms with Crippen LogP contribution in [0.2, 0.25) is 0 Å². The lowest BCUT2D eigenvalue weighted by Gasteiger charge is -2.41. The largest absolute Gasteiger partial charge is 0.426 e. The summed E-state index contributed by atoms with van der Waals surface area (Å²) in [5.74, 6) is -1.69. The van der Waals surface area contributed by atoms with E-state index in [2.05, 4.69) is 75.9 Å². The zero-order chi connectivity index (χ0) is 35.6. The summed E-state index contributed by atoms with van der Waals surface area (Å²) >= 11 is 0. The van der Waals surface area contributed by atoms with Crippen molar-refractivity contribution in [1.82, 2.24) is 10.6 Å². The van der Waals surface area contributed by atoms with Gasteiger partial charge in [0.1, 0.15) is 5.75 Å². The van der Waals surface area contributed by atoms with Crippen LogP contribution in [0.3, 0.4) is 0 Å². The Balaban J connectivity index is 1.23. The number of esters is 1. The molecule has 7 unspecified atom stereocenters. The van der Waals surface area contributed by atoms with Gasteiger partial charge in [0.25, 0.3) is 0 Å². The van der Waals surface area contributed by atoms with E-state index < -0.39 is 17.9 Å². The highest BCUT2D eigenvalue weighted by Crippen LogP contribution is 2.51. The van der Waals surface area contributed by atoms with Crippen molar-refractivity contribution in [2.45, 2.75) is 55.3 Å². The van der Waals surface area contributed by atoms with Crippen LogP contribution in [0.5, 0.6) is 5.75 Å². The molecule has 0 bridgehead atoms. The normalized spacial score (nSPS) is 28.7. The van der Waals surface area contributed by atoms with E-state index in [0.717, 1.165) is 63.2 Å². The van der Waals surface area contributed by atoms with Gasteiger partial charge in [-0.1, -0.05) is 109 Å². The van der Waals surface area contributed by atoms with Crippen LogP contribution < -0.4 is 26.0 Å². The Hall–Kier alpha value is -6.15. The Bertz CT molecular complexity index is 2330. The number of amides is 2. The third-order valence-corrected chi connectivity index (χ3v) is 11.7. The highest BCUT2D eigenvalue weighted by Gasteiger charge is 2.44. The molecule has 262 valence electrons. The van der Waals surface area contributed by atoms with Crippen LogP contribution in [0.1, 0.15) is 70.1 Å². The molecule has 0 saturated carbocycles. The SMILES string of the molecule is O=C1CC(C2C=C3C=CC=CC3C(=O)N2)c2c(cc(C3CCc4ccccc4N3)c(C3C=Cc4ccccc4N3)c2C2C=C3C=CC=CC3NC2=O)O1. The molecule has 3 aromatic rings. The molecule has 2 amide bonds. The molecular weight excluding hydrogens is 661 g/mol. The van der Waals surface area contributed by atoms with Gasteiger partial charge < -0.3 is 26.0 Å². The number of benzene rings is 3. The Morgan fingerprint density at radius 1 is 0.642 bits per heavy atom. The Morgan fingerprint density at radius 3 is 2.34 bits per heavy atom. The fourth-order valence-electron chi connectivity index (χ4n) is 9.20. The lowest BCUT2D eigenvalue weighted by Crippen LogP contribution is -2.47. The molecule has 0 fully saturated rings. The number of carbonyl (C=O) groups excluding carboxylic acids is 3. The zero-order valence-corrected chi connectivity index (χ0v) is 28.9. The number of fused-ring (bicyclic) bond motifs is 5. The number of allylic oxidation sites excluding steroid dienone is 5. The van der Waals surface area contributed by atoms with Gasteiger partial charge in [-0.25, -0.2) is 0 Å². The van der Waals surface area contributed by atoms with Crippen molar-refractivity contribution in [2.75, 3.05) is 10.6 Å². The number of hydrogen-bond donors (Lipinski definition) is 4. The van der Waals surface area contributed by atoms with Crippen LogP contribution in [0.4, 0.5) is 11.4 Å². The van der Waals surface area contributed by atoms with E-state index in [0.29, 0.717) is 5.75 Å². The summed E-state index contributed by atoms with van der Waals surface area (Å²) in [4.78, 5) is 41.8. The highest BCUT2D eigenvalue weighted by atomic mass is 16.5. The maximum absolute atomic E-state index is 14.5. The van der Waals surface area contributed by atoms with E-state index in [4.69, 9.17) is 4.74 Å². The first-order valence-electron chi connectivity index (χ1n) is 18.5. The van der Waals surface area contributed by atoms with Crippen LogP contribution in [0.15, 0.2) is 133 Å². The molecule has 0 aromatic heterocycles. The molecule has 0 saturated heterocycles. The topological polar surface area (TPSA) is 109 Å². The smallest absolute Gasteiger partial charge is 0.311 e. The zero-order valence-electron chi connectivity index (χ0n) is 28.9. The second-order valence-electron chi connectivity index (χ2n) is 14.7. The van der Waals surface area contributed by atoms with Gasteiger partial charge in [0.05, 0.1) is 42.4 Å². The second kappa shape index (κ2) is 12.5. The molecule has 5 heterocycles. The fraction of sp³-hybridized carbons (Fsp3) is 0.222. The van der Waals surface area contributed by atoms with Crippen molar-refractivity contribution in [2.24, 2.45) is 5.92 Å². The van der Waals surface area contributed by atoms with Gasteiger partial charge in [0.2, 0.25) is 11.8 Å². The molecule has 8 heteroatoms. The van der Waals surface area contributed by atoms with Crippen LogP contribution in [0.25, 0.3) is 6.08 Å². The van der Waals surface area contributed by atoms with Gasteiger partial charge in [-0.05, 0) is 70.0 Å². The number of anilines is 2. The molecule has 0 radical (unpaired) electrons. The van der Waals surface area contributed by atoms with E-state index in [1.165, 1.54) is 5.56 Å². The molecule has 8 nitrogen and oxygen atoms in total. The second-order valence-corrected chi connectivity index (χ2v) is 14.7. The first kappa shape index (κ1) is 31.6. The summed E-state index contributed by atoms with van der Waals surface area (Å²) in [6.07, 6.45) is 25.9. The number of nitrogens with one attached hydrogen (secondary N) is 4. The predicted molar refractivity (Wildman–Crippen MR) is 205 cm³/mol. The first-order valence-corrected chi connectivity index (χ1v) is 18.5. The molecule has 7 atom stereocenters. The van der Waals surface area contributed by atoms with Gasteiger partial charge in [0, 0.05) is 22.9 Å². The van der Waals surface area contributed by atoms with Crippen molar-refractivity contribution in [1.29, 1.82) is 0 Å². The van der Waals surface area contributed by atoms with Crippen LogP contribution >= 0.6 is 0 Å². The van der Waals surface area contributed by atoms with Crippen LogP contribution in [0, 0.1) is 5.92 Å². The number of ether oxygens (including phenoxy) is 1. The molecule has 53 heavy (non-hydrogen) atoms. The first-order chi connectivity index (χ1) is 26.0. The molecule has 7 aliphatic rings. The molecule has 2 aliphatic carbocycles. The molecule has 0 spiro atoms. The summed E-state index contributed by atoms with van der Waals surface area (Å²) in [6.45, 7) is 0. The van der Waals surface area contributed by atoms with Gasteiger partial charge in [0.15, 0.2) is 0 Å². The summed E-state index contributed by atoms with van der Waals surface area (Å²) < 4.78 is 6.22. The van der Waals surface area contributed by atoms with E-state index in [-0.39, 0.29) is 48.2 Å². The average molecular weight is 699 g/mol. The number of carbonyl (C=O) groups is 3. The Kier molecular flexibility index (Phi) is 7.46. The molecule has 5 aliphatic heterocycles. The number of rotatable bonds is 4. The van der Waals surface area contributed by atoms with Gasteiger partial charge in [-0.2, -0.15) is 0 Å². The van der Waals surface area contributed by atoms with Gasteiger partial charge in [-0.15, -0.1) is 0 Å². The van der Waals surface area contributed by atoms with Crippen LogP contribution in [-0.2, 0) is 20.8 Å². The molecule has 3 aromatic carbocycles. The third kappa shape index (κ3) is 5.39. The summed E-state index contributed by atoms with van der Waals surface area (Å²) in [5.41, 5.74) is 9.87. The number of aryl methyl sites for hydroxylation is 1. The minimum absolute atomic E-state index is 0.0553. The third-order valence-electron chi connectivity index (χ3n) is 11.7. The fourth-order valence-corrected chi connectivity index (χ4v) is 9.20. The number of hydrogen-bond acceptors (Lipinski definition) is 6. The summed E-state index contributed by atoms with van der Waals surface area (Å²) in [6, 6.07) is 17.5. The molecule has 4 N–H and O–H groups in total. The molecular formula is C45H38N4O4. The van der Waals surface area contributed by atoms with Crippen molar-refractivity contribution in [3.63, 3.8) is 0 Å². The summed E-state index contributed by atoms with van der Waals surface area (Å²) in [5, 5.41) is 14.2. The Labute approximate surface area is 307 Å². The monoisotopic (exact) mass is 698 g/mol. The van der Waals surface area contributed by atoms with E-state index in [1.54, 1.807) is 0 Å². The standard InChI is InChI=1S/C45H38N4O4/c50-40-24-31(38-22-27-11-1-5-13-29(27)44(51)49-38)42-39(53-40)23-30(36-19-17-25-9-2-6-14-33(25)46-36)41(37-20-18-26-10-3-7-15-34(26)47-37)43(42)32-21-28-12-4-8-16-35(28)48-45(32)52/h1-16,18,20-23,29,31-32,35-38,46-47H,17,19,24H2,(H,48,52)(H,49,51). The van der Waals surface area contributed by atoms with Crippen molar-refractivity contribution in [3.05, 3.63) is 166 Å². The van der Waals surface area contributed by atoms with E-state index >= 15 is 0 Å². The predicted octanol–water partition coefficient (Wildman–Crippen LogP) is 7.16.